The fraction of sp³-hybridized carbons (Fsp3) is 0.385. The number of hydrogen-bond donors (Lipinski definition) is 1. The van der Waals surface area contributed by atoms with Gasteiger partial charge in [-0.3, -0.25) is 10.1 Å². The quantitative estimate of drug-likeness (QED) is 0.493. The van der Waals surface area contributed by atoms with Crippen LogP contribution in [-0.4, -0.2) is 23.7 Å². The van der Waals surface area contributed by atoms with Crippen LogP contribution in [0, 0.1) is 16.2 Å². The molecule has 0 aliphatic heterocycles. The molecule has 8 nitrogen and oxygen atoms in total. The van der Waals surface area contributed by atoms with E-state index in [1.165, 1.54) is 0 Å². The maximum absolute atomic E-state index is 13.4. The number of anilines is 1. The smallest absolute Gasteiger partial charge is 0.460 e. The number of halogens is 2. The van der Waals surface area contributed by atoms with Gasteiger partial charge >= 0.3 is 17.4 Å². The Morgan fingerprint density at radius 2 is 2.13 bits per heavy atom. The van der Waals surface area contributed by atoms with Crippen molar-refractivity contribution in [1.29, 1.82) is 0 Å². The van der Waals surface area contributed by atoms with E-state index >= 15 is 0 Å². The van der Waals surface area contributed by atoms with Crippen LogP contribution in [0.15, 0.2) is 12.1 Å². The summed E-state index contributed by atoms with van der Waals surface area (Å²) in [5.41, 5.74) is -0.402. The third-order valence-electron chi connectivity index (χ3n) is 2.80. The monoisotopic (exact) mass is 344 g/mol. The Morgan fingerprint density at radius 3 is 2.78 bits per heavy atom. The maximum Gasteiger partial charge on any atom is 0.460 e. The summed E-state index contributed by atoms with van der Waals surface area (Å²) in [5, 5.41) is 29.7. The molecule has 0 spiro atoms. The molecule has 23 heavy (non-hydrogen) atoms. The molecule has 2 rings (SSSR count). The third kappa shape index (κ3) is 3.86. The first kappa shape index (κ1) is 16.9. The highest BCUT2D eigenvalue weighted by Crippen LogP contribution is 2.18. The number of ether oxygens (including phenoxy) is 1. The van der Waals surface area contributed by atoms with Gasteiger partial charge in [-0.1, -0.05) is 11.6 Å². The van der Waals surface area contributed by atoms with E-state index in [1.54, 1.807) is 13.8 Å². The summed E-state index contributed by atoms with van der Waals surface area (Å²) in [6, 6.07) is 1.86. The molecular formula is C13H14ClFN4O4. The number of aromatic nitrogens is 3. The summed E-state index contributed by atoms with van der Waals surface area (Å²) in [4.78, 5) is 11.5. The van der Waals surface area contributed by atoms with E-state index in [2.05, 4.69) is 10.4 Å². The number of carbonyl (C=O) groups excluding carboxylic acids is 1. The van der Waals surface area contributed by atoms with E-state index in [0.29, 0.717) is 4.73 Å². The van der Waals surface area contributed by atoms with Gasteiger partial charge in [-0.2, -0.15) is 0 Å². The van der Waals surface area contributed by atoms with Crippen LogP contribution in [0.5, 0.6) is 0 Å². The highest BCUT2D eigenvalue weighted by atomic mass is 35.5. The molecule has 0 radical (unpaired) electrons. The Morgan fingerprint density at radius 1 is 1.43 bits per heavy atom. The molecule has 0 saturated heterocycles. The molecule has 0 fully saturated rings. The van der Waals surface area contributed by atoms with Crippen LogP contribution in [0.2, 0.25) is 5.02 Å². The molecule has 1 aromatic carbocycles. The molecule has 0 aliphatic carbocycles. The molecule has 1 N–H and O–H groups in total. The average Bonchev–Trinajstić information content (AvgIpc) is 2.45. The molecule has 0 unspecified atom stereocenters. The fourth-order valence-corrected chi connectivity index (χ4v) is 2.00. The number of esters is 1. The van der Waals surface area contributed by atoms with Gasteiger partial charge in [-0.15, -0.1) is 0 Å². The van der Waals surface area contributed by atoms with Crippen molar-refractivity contribution in [3.63, 3.8) is 0 Å². The maximum atomic E-state index is 13.4. The number of hydrogen-bond acceptors (Lipinski definition) is 6. The average molecular weight is 345 g/mol. The molecule has 0 atom stereocenters. The topological polar surface area (TPSA) is 105 Å². The molecule has 0 amide bonds. The molecule has 2 aromatic rings. The summed E-state index contributed by atoms with van der Waals surface area (Å²) in [6.07, 6.45) is -0.257. The minimum absolute atomic E-state index is 0.0130. The zero-order valence-electron chi connectivity index (χ0n) is 12.4. The zero-order valence-corrected chi connectivity index (χ0v) is 13.1. The van der Waals surface area contributed by atoms with Gasteiger partial charge in [0.05, 0.1) is 30.2 Å². The lowest BCUT2D eigenvalue weighted by Crippen LogP contribution is -2.44. The Balaban J connectivity index is 2.20. The predicted octanol–water partition coefficient (Wildman–Crippen LogP) is 1.05. The molecule has 0 saturated carbocycles. The van der Waals surface area contributed by atoms with Crippen molar-refractivity contribution in [3.05, 3.63) is 33.4 Å². The number of nitrogens with zero attached hydrogens (tertiary/aromatic N) is 3. The minimum Gasteiger partial charge on any atom is -0.739 e. The SMILES string of the molecule is CC(C)OC(=O)CCNc1n[n+]([O-])c2cc(F)c(Cl)cc2[n+]1[O-]. The molecule has 1 aromatic heterocycles. The van der Waals surface area contributed by atoms with Crippen molar-refractivity contribution in [2.75, 3.05) is 11.9 Å². The van der Waals surface area contributed by atoms with Crippen LogP contribution in [0.25, 0.3) is 11.0 Å². The van der Waals surface area contributed by atoms with Crippen molar-refractivity contribution in [2.45, 2.75) is 26.4 Å². The van der Waals surface area contributed by atoms with E-state index in [9.17, 15) is 19.6 Å². The van der Waals surface area contributed by atoms with Crippen molar-refractivity contribution < 1.29 is 23.5 Å². The van der Waals surface area contributed by atoms with E-state index < -0.39 is 11.8 Å². The Hall–Kier alpha value is -2.42. The second-order valence-corrected chi connectivity index (χ2v) is 5.37. The van der Waals surface area contributed by atoms with Crippen molar-refractivity contribution in [2.24, 2.45) is 0 Å². The van der Waals surface area contributed by atoms with Crippen LogP contribution < -0.4 is 14.9 Å². The van der Waals surface area contributed by atoms with Crippen LogP contribution in [0.3, 0.4) is 0 Å². The lowest BCUT2D eigenvalue weighted by atomic mass is 10.3. The summed E-state index contributed by atoms with van der Waals surface area (Å²) in [5.74, 6) is -1.61. The molecular weight excluding hydrogens is 331 g/mol. The van der Waals surface area contributed by atoms with Crippen molar-refractivity contribution >= 4 is 34.6 Å². The summed E-state index contributed by atoms with van der Waals surface area (Å²) in [7, 11) is 0. The van der Waals surface area contributed by atoms with Gasteiger partial charge in [0.2, 0.25) is 5.10 Å². The number of nitrogens with one attached hydrogen (secondary N) is 1. The first-order valence-corrected chi connectivity index (χ1v) is 7.13. The molecule has 10 heteroatoms. The molecule has 0 bridgehead atoms. The molecule has 0 aliphatic rings. The number of fused-ring (bicyclic) bond motifs is 1. The van der Waals surface area contributed by atoms with Crippen LogP contribution in [0.1, 0.15) is 20.3 Å². The van der Waals surface area contributed by atoms with Crippen LogP contribution in [0.4, 0.5) is 10.3 Å². The lowest BCUT2D eigenvalue weighted by molar-refractivity contribution is -0.672. The van der Waals surface area contributed by atoms with Gasteiger partial charge in [0.15, 0.2) is 5.52 Å². The van der Waals surface area contributed by atoms with Gasteiger partial charge in [0.25, 0.3) is 0 Å². The van der Waals surface area contributed by atoms with Gasteiger partial charge in [-0.25, -0.2) is 9.12 Å². The van der Waals surface area contributed by atoms with E-state index in [4.69, 9.17) is 16.3 Å². The lowest BCUT2D eigenvalue weighted by Gasteiger charge is -2.11. The first-order chi connectivity index (χ1) is 10.8. The predicted molar refractivity (Wildman–Crippen MR) is 79.0 cm³/mol. The zero-order chi connectivity index (χ0) is 17.1. The highest BCUT2D eigenvalue weighted by Gasteiger charge is 2.22. The Kier molecular flexibility index (Phi) is 4.99. The van der Waals surface area contributed by atoms with Crippen molar-refractivity contribution in [1.82, 2.24) is 5.10 Å². The van der Waals surface area contributed by atoms with E-state index in [1.807, 2.05) is 0 Å². The minimum atomic E-state index is -0.831. The second kappa shape index (κ2) is 6.78. The normalized spacial score (nSPS) is 11.0. The number of carbonyl (C=O) groups is 1. The van der Waals surface area contributed by atoms with Crippen molar-refractivity contribution in [3.8, 4) is 0 Å². The second-order valence-electron chi connectivity index (χ2n) is 4.96. The number of rotatable bonds is 5. The largest absolute Gasteiger partial charge is 0.739 e. The Bertz CT molecular complexity index is 757. The summed E-state index contributed by atoms with van der Waals surface area (Å²) < 4.78 is 18.6. The number of benzene rings is 1. The van der Waals surface area contributed by atoms with Gasteiger partial charge < -0.3 is 15.2 Å². The van der Waals surface area contributed by atoms with Crippen LogP contribution in [-0.2, 0) is 9.53 Å². The van der Waals surface area contributed by atoms with Crippen LogP contribution >= 0.6 is 11.6 Å². The standard InChI is InChI=1S/C13H14ClFN4O4/c1-7(2)23-12(20)3-4-16-13-17-19(22)11-6-9(15)8(14)5-10(11)18(13)21/h5-7H,3-4H2,1-2H3,(H,16,17). The van der Waals surface area contributed by atoms with Gasteiger partial charge in [0.1, 0.15) is 5.82 Å². The summed E-state index contributed by atoms with van der Waals surface area (Å²) in [6.45, 7) is 3.47. The highest BCUT2D eigenvalue weighted by molar-refractivity contribution is 6.31. The van der Waals surface area contributed by atoms with E-state index in [-0.39, 0.29) is 45.9 Å². The Labute approximate surface area is 135 Å². The fourth-order valence-electron chi connectivity index (χ4n) is 1.84. The van der Waals surface area contributed by atoms with Gasteiger partial charge in [-0.05, 0) is 13.8 Å². The third-order valence-corrected chi connectivity index (χ3v) is 3.09. The van der Waals surface area contributed by atoms with E-state index in [0.717, 1.165) is 12.1 Å². The van der Waals surface area contributed by atoms with Gasteiger partial charge in [0, 0.05) is 10.9 Å². The molecule has 1 heterocycles. The first-order valence-electron chi connectivity index (χ1n) is 6.75. The summed E-state index contributed by atoms with van der Waals surface area (Å²) >= 11 is 5.62. The molecule has 124 valence electrons.